The number of carbonyl (C=O) groups excluding carboxylic acids is 1. The Morgan fingerprint density at radius 3 is 2.35 bits per heavy atom. The molecule has 0 aliphatic rings. The molecule has 1 heterocycles. The molecular formula is C19H25F2N3O2. The second-order valence-electron chi connectivity index (χ2n) is 8.16. The highest BCUT2D eigenvalue weighted by Crippen LogP contribution is 2.28. The number of hydrogen-bond donors (Lipinski definition) is 1. The van der Waals surface area contributed by atoms with Crippen molar-refractivity contribution in [3.63, 3.8) is 0 Å². The lowest BCUT2D eigenvalue weighted by Gasteiger charge is -2.23. The lowest BCUT2D eigenvalue weighted by Crippen LogP contribution is -2.29. The van der Waals surface area contributed by atoms with E-state index in [4.69, 9.17) is 4.74 Å². The highest BCUT2D eigenvalue weighted by molar-refractivity contribution is 5.91. The largest absolute Gasteiger partial charge is 0.481 e. The summed E-state index contributed by atoms with van der Waals surface area (Å²) in [6.07, 6.45) is 0. The molecule has 0 bridgehead atoms. The Bertz CT molecular complexity index is 802. The van der Waals surface area contributed by atoms with Crippen molar-refractivity contribution >= 4 is 11.7 Å². The molecule has 0 atom stereocenters. The summed E-state index contributed by atoms with van der Waals surface area (Å²) in [7, 11) is 0. The quantitative estimate of drug-likeness (QED) is 0.882. The SMILES string of the molecule is CC(C)(C)c1cc(NC(=O)COc2ccc(F)cc2F)n(C(C)(C)C)n1. The Hall–Kier alpha value is -2.44. The molecule has 2 aromatic rings. The van der Waals surface area contributed by atoms with Crippen LogP contribution in [0.1, 0.15) is 47.2 Å². The summed E-state index contributed by atoms with van der Waals surface area (Å²) in [6.45, 7) is 11.6. The van der Waals surface area contributed by atoms with E-state index in [0.29, 0.717) is 11.9 Å². The number of halogens is 2. The lowest BCUT2D eigenvalue weighted by molar-refractivity contribution is -0.118. The number of carbonyl (C=O) groups is 1. The van der Waals surface area contributed by atoms with Gasteiger partial charge in [0, 0.05) is 17.5 Å². The maximum atomic E-state index is 13.6. The Morgan fingerprint density at radius 1 is 1.15 bits per heavy atom. The van der Waals surface area contributed by atoms with Crippen molar-refractivity contribution in [3.8, 4) is 5.75 Å². The highest BCUT2D eigenvalue weighted by Gasteiger charge is 2.25. The van der Waals surface area contributed by atoms with Crippen LogP contribution in [-0.4, -0.2) is 22.3 Å². The molecule has 0 saturated heterocycles. The van der Waals surface area contributed by atoms with Crippen LogP contribution < -0.4 is 10.1 Å². The zero-order valence-electron chi connectivity index (χ0n) is 16.0. The van der Waals surface area contributed by atoms with Crippen LogP contribution in [0.4, 0.5) is 14.6 Å². The molecule has 0 aliphatic heterocycles. The summed E-state index contributed by atoms with van der Waals surface area (Å²) in [5, 5.41) is 7.36. The van der Waals surface area contributed by atoms with E-state index in [2.05, 4.69) is 10.4 Å². The predicted octanol–water partition coefficient (Wildman–Crippen LogP) is 4.23. The standard InChI is InChI=1S/C19H25F2N3O2/c1-18(2,3)15-10-16(24(23-15)19(4,5)6)22-17(25)11-26-14-8-7-12(20)9-13(14)21/h7-10H,11H2,1-6H3,(H,22,25). The average Bonchev–Trinajstić information content (AvgIpc) is 2.90. The van der Waals surface area contributed by atoms with Crippen LogP contribution in [0.3, 0.4) is 0 Å². The van der Waals surface area contributed by atoms with Gasteiger partial charge in [-0.25, -0.2) is 13.5 Å². The van der Waals surface area contributed by atoms with Gasteiger partial charge in [0.05, 0.1) is 11.2 Å². The van der Waals surface area contributed by atoms with Gasteiger partial charge in [-0.2, -0.15) is 5.10 Å². The Labute approximate surface area is 152 Å². The van der Waals surface area contributed by atoms with E-state index in [-0.39, 0.29) is 16.7 Å². The van der Waals surface area contributed by atoms with Gasteiger partial charge in [0.25, 0.3) is 5.91 Å². The number of aromatic nitrogens is 2. The van der Waals surface area contributed by atoms with Gasteiger partial charge >= 0.3 is 0 Å². The Balaban J connectivity index is 2.14. The van der Waals surface area contributed by atoms with Crippen molar-refractivity contribution in [3.05, 3.63) is 41.6 Å². The third-order valence-electron chi connectivity index (χ3n) is 3.63. The number of benzene rings is 1. The van der Waals surface area contributed by atoms with Gasteiger partial charge in [-0.1, -0.05) is 20.8 Å². The minimum atomic E-state index is -0.854. The molecule has 26 heavy (non-hydrogen) atoms. The van der Waals surface area contributed by atoms with Gasteiger partial charge in [0.15, 0.2) is 18.2 Å². The van der Waals surface area contributed by atoms with Gasteiger partial charge in [-0.3, -0.25) is 4.79 Å². The van der Waals surface area contributed by atoms with Crippen LogP contribution in [0.2, 0.25) is 0 Å². The molecule has 5 nitrogen and oxygen atoms in total. The predicted molar refractivity (Wildman–Crippen MR) is 96.4 cm³/mol. The third-order valence-corrected chi connectivity index (χ3v) is 3.63. The van der Waals surface area contributed by atoms with Crippen LogP contribution in [-0.2, 0) is 15.7 Å². The second-order valence-corrected chi connectivity index (χ2v) is 8.16. The topological polar surface area (TPSA) is 56.1 Å². The smallest absolute Gasteiger partial charge is 0.263 e. The molecule has 0 saturated carbocycles. The molecule has 0 spiro atoms. The first kappa shape index (κ1) is 19.9. The molecule has 0 unspecified atom stereocenters. The van der Waals surface area contributed by atoms with Crippen LogP contribution in [0.5, 0.6) is 5.75 Å². The van der Waals surface area contributed by atoms with Crippen molar-refractivity contribution < 1.29 is 18.3 Å². The van der Waals surface area contributed by atoms with E-state index in [1.807, 2.05) is 47.6 Å². The van der Waals surface area contributed by atoms with Gasteiger partial charge in [0.2, 0.25) is 0 Å². The summed E-state index contributed by atoms with van der Waals surface area (Å²) >= 11 is 0. The lowest BCUT2D eigenvalue weighted by atomic mass is 9.92. The molecule has 7 heteroatoms. The molecular weight excluding hydrogens is 340 g/mol. The Kier molecular flexibility index (Phi) is 5.39. The zero-order valence-corrected chi connectivity index (χ0v) is 16.0. The first-order valence-corrected chi connectivity index (χ1v) is 8.36. The third kappa shape index (κ3) is 4.80. The van der Waals surface area contributed by atoms with Crippen molar-refractivity contribution in [2.45, 2.75) is 52.5 Å². The van der Waals surface area contributed by atoms with Gasteiger partial charge in [0.1, 0.15) is 11.6 Å². The molecule has 0 radical (unpaired) electrons. The van der Waals surface area contributed by atoms with E-state index in [9.17, 15) is 13.6 Å². The average molecular weight is 365 g/mol. The van der Waals surface area contributed by atoms with Crippen molar-refractivity contribution in [2.24, 2.45) is 0 Å². The fourth-order valence-corrected chi connectivity index (χ4v) is 2.26. The number of amides is 1. The van der Waals surface area contributed by atoms with Crippen LogP contribution in [0.15, 0.2) is 24.3 Å². The summed E-state index contributed by atoms with van der Waals surface area (Å²) in [5.41, 5.74) is 0.327. The van der Waals surface area contributed by atoms with Crippen molar-refractivity contribution in [2.75, 3.05) is 11.9 Å². The van der Waals surface area contributed by atoms with E-state index in [1.54, 1.807) is 4.68 Å². The van der Waals surface area contributed by atoms with Gasteiger partial charge in [-0.05, 0) is 32.9 Å². The van der Waals surface area contributed by atoms with E-state index in [1.165, 1.54) is 0 Å². The Morgan fingerprint density at radius 2 is 1.81 bits per heavy atom. The zero-order chi connectivity index (χ0) is 19.7. The van der Waals surface area contributed by atoms with E-state index in [0.717, 1.165) is 17.8 Å². The normalized spacial score (nSPS) is 12.2. The summed E-state index contributed by atoms with van der Waals surface area (Å²) in [6, 6.07) is 4.74. The second kappa shape index (κ2) is 7.05. The summed E-state index contributed by atoms with van der Waals surface area (Å²) in [4.78, 5) is 12.2. The first-order chi connectivity index (χ1) is 11.9. The van der Waals surface area contributed by atoms with Crippen LogP contribution >= 0.6 is 0 Å². The fourth-order valence-electron chi connectivity index (χ4n) is 2.26. The summed E-state index contributed by atoms with van der Waals surface area (Å²) in [5.74, 6) is -1.66. The van der Waals surface area contributed by atoms with Crippen LogP contribution in [0, 0.1) is 11.6 Å². The molecule has 1 aromatic carbocycles. The number of nitrogens with zero attached hydrogens (tertiary/aromatic N) is 2. The maximum Gasteiger partial charge on any atom is 0.263 e. The first-order valence-electron chi connectivity index (χ1n) is 8.36. The number of ether oxygens (including phenoxy) is 1. The maximum absolute atomic E-state index is 13.6. The van der Waals surface area contributed by atoms with Crippen molar-refractivity contribution in [1.29, 1.82) is 0 Å². The molecule has 1 N–H and O–H groups in total. The number of rotatable bonds is 4. The van der Waals surface area contributed by atoms with Crippen molar-refractivity contribution in [1.82, 2.24) is 9.78 Å². The molecule has 1 amide bonds. The molecule has 142 valence electrons. The number of hydrogen-bond acceptors (Lipinski definition) is 3. The minimum absolute atomic E-state index is 0.177. The minimum Gasteiger partial charge on any atom is -0.481 e. The van der Waals surface area contributed by atoms with Crippen LogP contribution in [0.25, 0.3) is 0 Å². The fraction of sp³-hybridized carbons (Fsp3) is 0.474. The highest BCUT2D eigenvalue weighted by atomic mass is 19.1. The number of anilines is 1. The molecule has 2 rings (SSSR count). The molecule has 0 fully saturated rings. The molecule has 1 aromatic heterocycles. The van der Waals surface area contributed by atoms with E-state index < -0.39 is 24.1 Å². The summed E-state index contributed by atoms with van der Waals surface area (Å²) < 4.78 is 33.4. The van der Waals surface area contributed by atoms with Gasteiger partial charge < -0.3 is 10.1 Å². The monoisotopic (exact) mass is 365 g/mol. The van der Waals surface area contributed by atoms with Gasteiger partial charge in [-0.15, -0.1) is 0 Å². The molecule has 0 aliphatic carbocycles. The number of nitrogens with one attached hydrogen (secondary N) is 1. The van der Waals surface area contributed by atoms with E-state index >= 15 is 0 Å².